The van der Waals surface area contributed by atoms with Gasteiger partial charge in [-0.2, -0.15) is 0 Å². The number of sulfonamides is 1. The lowest BCUT2D eigenvalue weighted by Gasteiger charge is -2.29. The molecule has 26 heavy (non-hydrogen) atoms. The van der Waals surface area contributed by atoms with Gasteiger partial charge >= 0.3 is 5.97 Å². The molecule has 0 aromatic heterocycles. The minimum atomic E-state index is -3.66. The van der Waals surface area contributed by atoms with Crippen LogP contribution in [0.1, 0.15) is 60.9 Å². The lowest BCUT2D eigenvalue weighted by atomic mass is 9.92. The Balaban J connectivity index is 1.84. The molecule has 2 saturated carbocycles. The molecule has 3 rings (SSSR count). The zero-order valence-corrected chi connectivity index (χ0v) is 15.6. The minimum absolute atomic E-state index is 0.0177. The van der Waals surface area contributed by atoms with Crippen molar-refractivity contribution in [2.75, 3.05) is 0 Å². The third-order valence-corrected chi connectivity index (χ3v) is 6.61. The van der Waals surface area contributed by atoms with Gasteiger partial charge in [-0.1, -0.05) is 18.9 Å². The first kappa shape index (κ1) is 18.8. The summed E-state index contributed by atoms with van der Waals surface area (Å²) in [5, 5.41) is 12.1. The monoisotopic (exact) mass is 380 g/mol. The van der Waals surface area contributed by atoms with Crippen molar-refractivity contribution in [1.29, 1.82) is 0 Å². The first-order valence-electron chi connectivity index (χ1n) is 8.88. The zero-order chi connectivity index (χ0) is 18.9. The number of benzene rings is 1. The Morgan fingerprint density at radius 1 is 1.23 bits per heavy atom. The van der Waals surface area contributed by atoms with E-state index in [0.717, 1.165) is 25.7 Å². The summed E-state index contributed by atoms with van der Waals surface area (Å²) in [6.07, 6.45) is 4.50. The normalized spacial score (nSPS) is 19.3. The molecule has 1 aromatic rings. The Kier molecular flexibility index (Phi) is 5.07. The maximum Gasteiger partial charge on any atom is 0.305 e. The van der Waals surface area contributed by atoms with Crippen molar-refractivity contribution in [2.45, 2.75) is 68.3 Å². The molecule has 0 spiro atoms. The predicted octanol–water partition coefficient (Wildman–Crippen LogP) is 1.95. The van der Waals surface area contributed by atoms with Crippen LogP contribution >= 0.6 is 0 Å². The van der Waals surface area contributed by atoms with Crippen LogP contribution in [0.4, 0.5) is 0 Å². The minimum Gasteiger partial charge on any atom is -0.481 e. The lowest BCUT2D eigenvalue weighted by Crippen LogP contribution is -2.48. The Labute approximate surface area is 153 Å². The van der Waals surface area contributed by atoms with Crippen molar-refractivity contribution in [3.8, 4) is 0 Å². The van der Waals surface area contributed by atoms with E-state index in [1.807, 2.05) is 0 Å². The highest BCUT2D eigenvalue weighted by Crippen LogP contribution is 2.33. The highest BCUT2D eigenvalue weighted by atomic mass is 32.2. The third-order valence-electron chi connectivity index (χ3n) is 5.09. The van der Waals surface area contributed by atoms with E-state index in [4.69, 9.17) is 0 Å². The van der Waals surface area contributed by atoms with Crippen molar-refractivity contribution in [3.05, 3.63) is 29.3 Å². The Morgan fingerprint density at radius 3 is 2.46 bits per heavy atom. The largest absolute Gasteiger partial charge is 0.481 e. The molecule has 0 heterocycles. The number of aryl methyl sites for hydroxylation is 1. The highest BCUT2D eigenvalue weighted by Gasteiger charge is 2.38. The summed E-state index contributed by atoms with van der Waals surface area (Å²) < 4.78 is 27.4. The number of carboxylic acid groups (broad SMARTS) is 1. The van der Waals surface area contributed by atoms with Crippen molar-refractivity contribution >= 4 is 21.9 Å². The van der Waals surface area contributed by atoms with Gasteiger partial charge in [0.1, 0.15) is 0 Å². The maximum atomic E-state index is 12.8. The van der Waals surface area contributed by atoms with Gasteiger partial charge in [0.05, 0.1) is 16.9 Å². The Bertz CT molecular complexity index is 824. The van der Waals surface area contributed by atoms with Gasteiger partial charge in [0.25, 0.3) is 5.91 Å². The van der Waals surface area contributed by atoms with E-state index in [9.17, 15) is 23.1 Å². The average molecular weight is 380 g/mol. The molecule has 7 nitrogen and oxygen atoms in total. The van der Waals surface area contributed by atoms with E-state index < -0.39 is 27.4 Å². The number of carbonyl (C=O) groups excluding carboxylic acids is 1. The fourth-order valence-corrected chi connectivity index (χ4v) is 4.83. The molecule has 0 aliphatic heterocycles. The van der Waals surface area contributed by atoms with E-state index in [1.54, 1.807) is 13.0 Å². The van der Waals surface area contributed by atoms with Crippen LogP contribution in [-0.4, -0.2) is 37.0 Å². The van der Waals surface area contributed by atoms with Crippen molar-refractivity contribution in [1.82, 2.24) is 10.0 Å². The number of rotatable bonds is 7. The molecule has 0 saturated heterocycles. The zero-order valence-electron chi connectivity index (χ0n) is 14.7. The number of carbonyl (C=O) groups is 2. The van der Waals surface area contributed by atoms with E-state index >= 15 is 0 Å². The fourth-order valence-electron chi connectivity index (χ4n) is 3.50. The van der Waals surface area contributed by atoms with Crippen molar-refractivity contribution in [2.24, 2.45) is 0 Å². The van der Waals surface area contributed by atoms with Gasteiger partial charge in [0.15, 0.2) is 0 Å². The van der Waals surface area contributed by atoms with Crippen LogP contribution in [0.2, 0.25) is 0 Å². The van der Waals surface area contributed by atoms with Crippen LogP contribution < -0.4 is 10.0 Å². The molecule has 3 N–H and O–H groups in total. The molecule has 0 unspecified atom stereocenters. The number of hydrogen-bond acceptors (Lipinski definition) is 4. The molecule has 142 valence electrons. The quantitative estimate of drug-likeness (QED) is 0.669. The number of nitrogens with one attached hydrogen (secondary N) is 2. The van der Waals surface area contributed by atoms with E-state index in [-0.39, 0.29) is 22.9 Å². The van der Waals surface area contributed by atoms with Gasteiger partial charge in [-0.15, -0.1) is 0 Å². The van der Waals surface area contributed by atoms with E-state index in [2.05, 4.69) is 10.0 Å². The standard InChI is InChI=1S/C18H24N2O5S/c1-12-4-7-14(26(24,25)20-13-5-6-13)10-15(12)17(23)19-18(11-16(21)22)8-2-3-9-18/h4,7,10,13,20H,2-3,5-6,8-9,11H2,1H3,(H,19,23)(H,21,22). The summed E-state index contributed by atoms with van der Waals surface area (Å²) in [6, 6.07) is 4.45. The second kappa shape index (κ2) is 7.00. The number of carboxylic acids is 1. The summed E-state index contributed by atoms with van der Waals surface area (Å²) in [5.41, 5.74) is 0.160. The molecular formula is C18H24N2O5S. The van der Waals surface area contributed by atoms with Crippen LogP contribution in [0.3, 0.4) is 0 Å². The van der Waals surface area contributed by atoms with Crippen molar-refractivity contribution in [3.63, 3.8) is 0 Å². The van der Waals surface area contributed by atoms with Gasteiger partial charge in [0, 0.05) is 11.6 Å². The first-order valence-corrected chi connectivity index (χ1v) is 10.4. The topological polar surface area (TPSA) is 113 Å². The molecule has 0 radical (unpaired) electrons. The van der Waals surface area contributed by atoms with Crippen molar-refractivity contribution < 1.29 is 23.1 Å². The van der Waals surface area contributed by atoms with Crippen LogP contribution in [0.25, 0.3) is 0 Å². The summed E-state index contributed by atoms with van der Waals surface area (Å²) in [6.45, 7) is 1.73. The smallest absolute Gasteiger partial charge is 0.305 e. The molecule has 2 fully saturated rings. The molecule has 1 aromatic carbocycles. The second-order valence-corrected chi connectivity index (χ2v) is 9.10. The molecule has 2 aliphatic carbocycles. The van der Waals surface area contributed by atoms with Gasteiger partial charge in [0.2, 0.25) is 10.0 Å². The van der Waals surface area contributed by atoms with Gasteiger partial charge in [-0.25, -0.2) is 13.1 Å². The Morgan fingerprint density at radius 2 is 1.88 bits per heavy atom. The van der Waals surface area contributed by atoms with Crippen LogP contribution in [0, 0.1) is 6.92 Å². The molecular weight excluding hydrogens is 356 g/mol. The average Bonchev–Trinajstić information content (AvgIpc) is 3.23. The molecule has 0 bridgehead atoms. The molecule has 2 aliphatic rings. The lowest BCUT2D eigenvalue weighted by molar-refractivity contribution is -0.138. The summed E-state index contributed by atoms with van der Waals surface area (Å²) >= 11 is 0. The number of amides is 1. The third kappa shape index (κ3) is 4.24. The maximum absolute atomic E-state index is 12.8. The number of aliphatic carboxylic acids is 1. The molecule has 8 heteroatoms. The van der Waals surface area contributed by atoms with E-state index in [0.29, 0.717) is 18.4 Å². The van der Waals surface area contributed by atoms with Crippen LogP contribution in [0.15, 0.2) is 23.1 Å². The fraction of sp³-hybridized carbons (Fsp3) is 0.556. The molecule has 0 atom stereocenters. The SMILES string of the molecule is Cc1ccc(S(=O)(=O)NC2CC2)cc1C(=O)NC1(CC(=O)O)CCCC1. The summed E-state index contributed by atoms with van der Waals surface area (Å²) in [7, 11) is -3.66. The number of hydrogen-bond donors (Lipinski definition) is 3. The van der Waals surface area contributed by atoms with Crippen LogP contribution in [0.5, 0.6) is 0 Å². The van der Waals surface area contributed by atoms with Gasteiger partial charge < -0.3 is 10.4 Å². The molecule has 1 amide bonds. The summed E-state index contributed by atoms with van der Waals surface area (Å²) in [5.74, 6) is -1.37. The highest BCUT2D eigenvalue weighted by molar-refractivity contribution is 7.89. The predicted molar refractivity (Wildman–Crippen MR) is 95.4 cm³/mol. The van der Waals surface area contributed by atoms with Gasteiger partial charge in [-0.3, -0.25) is 9.59 Å². The van der Waals surface area contributed by atoms with E-state index in [1.165, 1.54) is 12.1 Å². The second-order valence-electron chi connectivity index (χ2n) is 7.38. The first-order chi connectivity index (χ1) is 12.2. The van der Waals surface area contributed by atoms with Crippen LogP contribution in [-0.2, 0) is 14.8 Å². The summed E-state index contributed by atoms with van der Waals surface area (Å²) in [4.78, 5) is 24.1. The Hall–Kier alpha value is -1.93. The van der Waals surface area contributed by atoms with Gasteiger partial charge in [-0.05, 0) is 50.3 Å².